The van der Waals surface area contributed by atoms with Crippen LogP contribution in [-0.4, -0.2) is 29.0 Å². The van der Waals surface area contributed by atoms with Gasteiger partial charge in [0.15, 0.2) is 0 Å². The molecule has 1 N–H and O–H groups in total. The molecule has 0 aliphatic heterocycles. The van der Waals surface area contributed by atoms with Crippen molar-refractivity contribution in [1.82, 2.24) is 0 Å². The molecule has 0 saturated carbocycles. The Morgan fingerprint density at radius 1 is 1.53 bits per heavy atom. The van der Waals surface area contributed by atoms with Gasteiger partial charge in [-0.15, -0.1) is 0 Å². The quantitative estimate of drug-likeness (QED) is 0.368. The van der Waals surface area contributed by atoms with Gasteiger partial charge in [-0.05, 0) is 24.8 Å². The fraction of sp³-hybridized carbons (Fsp3) is 0.417. The molecule has 0 unspecified atom stereocenters. The lowest BCUT2D eigenvalue weighted by molar-refractivity contribution is 0.317. The lowest BCUT2D eigenvalue weighted by Gasteiger charge is -2.10. The fourth-order valence-corrected chi connectivity index (χ4v) is 1.81. The van der Waals surface area contributed by atoms with Crippen molar-refractivity contribution in [3.8, 4) is 5.75 Å². The molecule has 1 aromatic rings. The molecule has 0 fully saturated rings. The van der Waals surface area contributed by atoms with E-state index in [9.17, 15) is 4.39 Å². The highest BCUT2D eigenvalue weighted by Gasteiger charge is 2.08. The number of nitrogens with zero attached hydrogens (tertiary/aromatic N) is 1. The molecule has 0 amide bonds. The highest BCUT2D eigenvalue weighted by Crippen LogP contribution is 2.21. The van der Waals surface area contributed by atoms with E-state index < -0.39 is 0 Å². The van der Waals surface area contributed by atoms with Gasteiger partial charge in [0, 0.05) is 17.4 Å². The van der Waals surface area contributed by atoms with Crippen molar-refractivity contribution in [1.29, 1.82) is 0 Å². The van der Waals surface area contributed by atoms with Crippen LogP contribution >= 0.6 is 11.8 Å². The van der Waals surface area contributed by atoms with E-state index in [1.54, 1.807) is 24.8 Å². The normalized spacial score (nSPS) is 11.6. The van der Waals surface area contributed by atoms with Crippen LogP contribution in [0.1, 0.15) is 19.4 Å². The van der Waals surface area contributed by atoms with Crippen molar-refractivity contribution in [2.45, 2.75) is 13.8 Å². The third kappa shape index (κ3) is 4.26. The van der Waals surface area contributed by atoms with E-state index in [-0.39, 0.29) is 5.82 Å². The molecule has 0 aliphatic carbocycles. The van der Waals surface area contributed by atoms with E-state index in [2.05, 4.69) is 12.1 Å². The van der Waals surface area contributed by atoms with Crippen LogP contribution in [-0.2, 0) is 0 Å². The topological polar surface area (TPSA) is 41.8 Å². The Kier molecular flexibility index (Phi) is 5.83. The Balaban J connectivity index is 2.77. The van der Waals surface area contributed by atoms with Crippen LogP contribution in [0.2, 0.25) is 0 Å². The van der Waals surface area contributed by atoms with Crippen LogP contribution in [0, 0.1) is 5.82 Å². The van der Waals surface area contributed by atoms with Crippen molar-refractivity contribution in [3.05, 3.63) is 29.6 Å². The number of ether oxygens (including phenoxy) is 1. The van der Waals surface area contributed by atoms with E-state index >= 15 is 0 Å². The molecule has 0 spiro atoms. The Morgan fingerprint density at radius 2 is 2.29 bits per heavy atom. The lowest BCUT2D eigenvalue weighted by Crippen LogP contribution is -2.06. The van der Waals surface area contributed by atoms with E-state index in [1.165, 1.54) is 12.1 Å². The number of hydrogen-bond acceptors (Lipinski definition) is 4. The molecule has 17 heavy (non-hydrogen) atoms. The lowest BCUT2D eigenvalue weighted by atomic mass is 10.1. The molecule has 1 aromatic carbocycles. The van der Waals surface area contributed by atoms with Crippen molar-refractivity contribution in [3.63, 3.8) is 0 Å². The van der Waals surface area contributed by atoms with Crippen LogP contribution in [0.25, 0.3) is 0 Å². The van der Waals surface area contributed by atoms with Gasteiger partial charge in [0.1, 0.15) is 11.6 Å². The standard InChI is InChI=1S/C12H16FNO2S/c1-3-17-7-6-16-12-8-10(13)4-5-11(12)9(2)14-15/h4-5,8,15H,3,6-7H2,1-2H3/b14-9+. The average Bonchev–Trinajstić information content (AvgIpc) is 2.34. The van der Waals surface area contributed by atoms with Crippen molar-refractivity contribution < 1.29 is 14.3 Å². The summed E-state index contributed by atoms with van der Waals surface area (Å²) >= 11 is 1.75. The Bertz CT molecular complexity index is 396. The minimum atomic E-state index is -0.363. The molecule has 94 valence electrons. The van der Waals surface area contributed by atoms with Gasteiger partial charge < -0.3 is 9.94 Å². The van der Waals surface area contributed by atoms with Gasteiger partial charge in [0.2, 0.25) is 0 Å². The molecule has 0 bridgehead atoms. The number of thioether (sulfide) groups is 1. The Labute approximate surface area is 105 Å². The number of hydrogen-bond donors (Lipinski definition) is 1. The molecule has 0 radical (unpaired) electrons. The highest BCUT2D eigenvalue weighted by molar-refractivity contribution is 7.99. The summed E-state index contributed by atoms with van der Waals surface area (Å²) in [7, 11) is 0. The molecule has 0 heterocycles. The second-order valence-corrected chi connectivity index (χ2v) is 4.77. The minimum Gasteiger partial charge on any atom is -0.492 e. The van der Waals surface area contributed by atoms with E-state index in [0.29, 0.717) is 23.6 Å². The Morgan fingerprint density at radius 3 is 2.94 bits per heavy atom. The van der Waals surface area contributed by atoms with E-state index in [1.807, 2.05) is 0 Å². The molecule has 5 heteroatoms. The predicted molar refractivity (Wildman–Crippen MR) is 68.9 cm³/mol. The predicted octanol–water partition coefficient (Wildman–Crippen LogP) is 3.16. The first-order valence-corrected chi connectivity index (χ1v) is 6.53. The Hall–Kier alpha value is -1.23. The van der Waals surface area contributed by atoms with Gasteiger partial charge in [0.05, 0.1) is 12.3 Å². The zero-order chi connectivity index (χ0) is 12.7. The summed E-state index contributed by atoms with van der Waals surface area (Å²) in [4.78, 5) is 0. The summed E-state index contributed by atoms with van der Waals surface area (Å²) in [5.74, 6) is 1.92. The van der Waals surface area contributed by atoms with Crippen LogP contribution in [0.15, 0.2) is 23.4 Å². The summed E-state index contributed by atoms with van der Waals surface area (Å²) in [6.45, 7) is 4.22. The van der Waals surface area contributed by atoms with Crippen LogP contribution in [0.4, 0.5) is 4.39 Å². The summed E-state index contributed by atoms with van der Waals surface area (Å²) in [6.07, 6.45) is 0. The maximum Gasteiger partial charge on any atom is 0.131 e. The second kappa shape index (κ2) is 7.17. The summed E-state index contributed by atoms with van der Waals surface area (Å²) in [5.41, 5.74) is 1.01. The van der Waals surface area contributed by atoms with Crippen LogP contribution < -0.4 is 4.74 Å². The minimum absolute atomic E-state index is 0.363. The number of oxime groups is 1. The molecule has 0 atom stereocenters. The molecule has 1 rings (SSSR count). The van der Waals surface area contributed by atoms with Crippen molar-refractivity contribution in [2.24, 2.45) is 5.16 Å². The SMILES string of the molecule is CCSCCOc1cc(F)ccc1/C(C)=N/O. The van der Waals surface area contributed by atoms with Gasteiger partial charge >= 0.3 is 0 Å². The largest absolute Gasteiger partial charge is 0.492 e. The van der Waals surface area contributed by atoms with Crippen LogP contribution in [0.3, 0.4) is 0 Å². The second-order valence-electron chi connectivity index (χ2n) is 3.37. The number of rotatable bonds is 6. The summed E-state index contributed by atoms with van der Waals surface area (Å²) in [6, 6.07) is 4.17. The summed E-state index contributed by atoms with van der Waals surface area (Å²) < 4.78 is 18.6. The molecule has 0 aromatic heterocycles. The van der Waals surface area contributed by atoms with Crippen molar-refractivity contribution >= 4 is 17.5 Å². The average molecular weight is 257 g/mol. The summed E-state index contributed by atoms with van der Waals surface area (Å²) in [5, 5.41) is 11.8. The van der Waals surface area contributed by atoms with Gasteiger partial charge in [-0.3, -0.25) is 0 Å². The van der Waals surface area contributed by atoms with Crippen molar-refractivity contribution in [2.75, 3.05) is 18.1 Å². The monoisotopic (exact) mass is 257 g/mol. The fourth-order valence-electron chi connectivity index (χ4n) is 1.32. The molecule has 0 aliphatic rings. The zero-order valence-electron chi connectivity index (χ0n) is 9.94. The number of halogens is 1. The highest BCUT2D eigenvalue weighted by atomic mass is 32.2. The van der Waals surface area contributed by atoms with Gasteiger partial charge in [-0.25, -0.2) is 4.39 Å². The van der Waals surface area contributed by atoms with Gasteiger partial charge in [0.25, 0.3) is 0 Å². The molecule has 0 saturated heterocycles. The van der Waals surface area contributed by atoms with E-state index in [4.69, 9.17) is 9.94 Å². The smallest absolute Gasteiger partial charge is 0.131 e. The number of benzene rings is 1. The maximum absolute atomic E-state index is 13.1. The molecule has 3 nitrogen and oxygen atoms in total. The molecular weight excluding hydrogens is 241 g/mol. The molecular formula is C12H16FNO2S. The van der Waals surface area contributed by atoms with Gasteiger partial charge in [-0.2, -0.15) is 11.8 Å². The first-order chi connectivity index (χ1) is 8.19. The first-order valence-electron chi connectivity index (χ1n) is 5.38. The van der Waals surface area contributed by atoms with Gasteiger partial charge in [-0.1, -0.05) is 12.1 Å². The zero-order valence-corrected chi connectivity index (χ0v) is 10.8. The third-order valence-electron chi connectivity index (χ3n) is 2.17. The first kappa shape index (κ1) is 13.8. The third-order valence-corrected chi connectivity index (χ3v) is 3.04. The maximum atomic E-state index is 13.1. The van der Waals surface area contributed by atoms with E-state index in [0.717, 1.165) is 11.5 Å². The van der Waals surface area contributed by atoms with Crippen LogP contribution in [0.5, 0.6) is 5.75 Å².